The highest BCUT2D eigenvalue weighted by molar-refractivity contribution is 6.30. The van der Waals surface area contributed by atoms with Gasteiger partial charge in [0.15, 0.2) is 0 Å². The van der Waals surface area contributed by atoms with Gasteiger partial charge in [0.25, 0.3) is 0 Å². The van der Waals surface area contributed by atoms with Crippen molar-refractivity contribution in [2.24, 2.45) is 5.92 Å². The summed E-state index contributed by atoms with van der Waals surface area (Å²) in [6.07, 6.45) is 1.05. The SMILES string of the molecule is CC(C)C[C@@H](CNC(=O)Nc1ccc(Cl)cc1)N(C)C. The quantitative estimate of drug-likeness (QED) is 0.845. The summed E-state index contributed by atoms with van der Waals surface area (Å²) in [5.74, 6) is 0.600. The van der Waals surface area contributed by atoms with Gasteiger partial charge in [0, 0.05) is 23.3 Å². The molecule has 0 heterocycles. The Morgan fingerprint density at radius 3 is 2.35 bits per heavy atom. The van der Waals surface area contributed by atoms with Crippen LogP contribution in [0.3, 0.4) is 0 Å². The van der Waals surface area contributed by atoms with Crippen LogP contribution in [0.15, 0.2) is 24.3 Å². The second kappa shape index (κ2) is 8.12. The van der Waals surface area contributed by atoms with Gasteiger partial charge in [0.2, 0.25) is 0 Å². The van der Waals surface area contributed by atoms with Crippen molar-refractivity contribution < 1.29 is 4.79 Å². The van der Waals surface area contributed by atoms with E-state index in [9.17, 15) is 4.79 Å². The molecule has 112 valence electrons. The second-order valence-electron chi connectivity index (χ2n) is 5.59. The number of nitrogens with one attached hydrogen (secondary N) is 2. The number of urea groups is 1. The van der Waals surface area contributed by atoms with E-state index < -0.39 is 0 Å². The zero-order chi connectivity index (χ0) is 15.1. The molecule has 1 aromatic rings. The lowest BCUT2D eigenvalue weighted by atomic mass is 10.0. The molecule has 2 amide bonds. The van der Waals surface area contributed by atoms with Crippen LogP contribution in [0, 0.1) is 5.92 Å². The highest BCUT2D eigenvalue weighted by Gasteiger charge is 2.14. The predicted molar refractivity (Wildman–Crippen MR) is 85.4 cm³/mol. The van der Waals surface area contributed by atoms with Crippen LogP contribution in [-0.4, -0.2) is 37.6 Å². The first-order valence-electron chi connectivity index (χ1n) is 6.85. The highest BCUT2D eigenvalue weighted by atomic mass is 35.5. The van der Waals surface area contributed by atoms with Gasteiger partial charge in [-0.1, -0.05) is 25.4 Å². The Morgan fingerprint density at radius 1 is 1.25 bits per heavy atom. The molecule has 0 saturated carbocycles. The standard InChI is InChI=1S/C15H24ClN3O/c1-11(2)9-14(19(3)4)10-17-15(20)18-13-7-5-12(16)6-8-13/h5-8,11,14H,9-10H2,1-4H3,(H2,17,18,20)/t14-/m0/s1. The van der Waals surface area contributed by atoms with E-state index in [1.54, 1.807) is 24.3 Å². The number of halogens is 1. The van der Waals surface area contributed by atoms with E-state index in [1.165, 1.54) is 0 Å². The van der Waals surface area contributed by atoms with Crippen LogP contribution in [0.2, 0.25) is 5.02 Å². The van der Waals surface area contributed by atoms with Gasteiger partial charge in [-0.15, -0.1) is 0 Å². The van der Waals surface area contributed by atoms with E-state index in [-0.39, 0.29) is 6.03 Å². The second-order valence-corrected chi connectivity index (χ2v) is 6.03. The summed E-state index contributed by atoms with van der Waals surface area (Å²) < 4.78 is 0. The Morgan fingerprint density at radius 2 is 1.85 bits per heavy atom. The molecule has 5 heteroatoms. The van der Waals surface area contributed by atoms with Crippen LogP contribution in [0.1, 0.15) is 20.3 Å². The summed E-state index contributed by atoms with van der Waals surface area (Å²) in [7, 11) is 4.07. The maximum Gasteiger partial charge on any atom is 0.319 e. The number of likely N-dealkylation sites (N-methyl/N-ethyl adjacent to an activating group) is 1. The Balaban J connectivity index is 2.43. The maximum absolute atomic E-state index is 11.8. The van der Waals surface area contributed by atoms with Crippen molar-refractivity contribution in [1.82, 2.24) is 10.2 Å². The first-order valence-corrected chi connectivity index (χ1v) is 7.23. The molecule has 0 fully saturated rings. The van der Waals surface area contributed by atoms with Crippen molar-refractivity contribution in [3.63, 3.8) is 0 Å². The fourth-order valence-corrected chi connectivity index (χ4v) is 2.07. The lowest BCUT2D eigenvalue weighted by molar-refractivity contribution is 0.231. The fourth-order valence-electron chi connectivity index (χ4n) is 1.94. The highest BCUT2D eigenvalue weighted by Crippen LogP contribution is 2.13. The third-order valence-corrected chi connectivity index (χ3v) is 3.33. The van der Waals surface area contributed by atoms with Gasteiger partial charge in [0.05, 0.1) is 0 Å². The molecule has 1 aromatic carbocycles. The molecule has 1 rings (SSSR count). The first-order chi connectivity index (χ1) is 9.38. The number of amides is 2. The van der Waals surface area contributed by atoms with Crippen LogP contribution in [0.25, 0.3) is 0 Å². The predicted octanol–water partition coefficient (Wildman–Crippen LogP) is 3.44. The monoisotopic (exact) mass is 297 g/mol. The Kier molecular flexibility index (Phi) is 6.82. The molecule has 0 radical (unpaired) electrons. The molecule has 0 saturated heterocycles. The first kappa shape index (κ1) is 16.8. The van der Waals surface area contributed by atoms with Gasteiger partial charge < -0.3 is 15.5 Å². The number of nitrogens with zero attached hydrogens (tertiary/aromatic N) is 1. The Bertz CT molecular complexity index is 418. The smallest absolute Gasteiger partial charge is 0.319 e. The molecular formula is C15H24ClN3O. The van der Waals surface area contributed by atoms with E-state index in [0.717, 1.165) is 12.1 Å². The van der Waals surface area contributed by atoms with Crippen molar-refractivity contribution in [3.8, 4) is 0 Å². The molecule has 0 aliphatic heterocycles. The molecule has 0 unspecified atom stereocenters. The van der Waals surface area contributed by atoms with E-state index >= 15 is 0 Å². The summed E-state index contributed by atoms with van der Waals surface area (Å²) >= 11 is 5.80. The lowest BCUT2D eigenvalue weighted by Gasteiger charge is -2.26. The molecule has 0 aromatic heterocycles. The van der Waals surface area contributed by atoms with E-state index in [1.807, 2.05) is 14.1 Å². The van der Waals surface area contributed by atoms with Crippen molar-refractivity contribution in [1.29, 1.82) is 0 Å². The summed E-state index contributed by atoms with van der Waals surface area (Å²) in [6, 6.07) is 7.20. The van der Waals surface area contributed by atoms with Gasteiger partial charge >= 0.3 is 6.03 Å². The van der Waals surface area contributed by atoms with Gasteiger partial charge in [-0.05, 0) is 50.7 Å². The van der Waals surface area contributed by atoms with Crippen LogP contribution in [-0.2, 0) is 0 Å². The van der Waals surface area contributed by atoms with Gasteiger partial charge in [-0.2, -0.15) is 0 Å². The van der Waals surface area contributed by atoms with Crippen molar-refractivity contribution in [2.45, 2.75) is 26.3 Å². The number of hydrogen-bond donors (Lipinski definition) is 2. The van der Waals surface area contributed by atoms with Gasteiger partial charge in [-0.3, -0.25) is 0 Å². The van der Waals surface area contributed by atoms with E-state index in [2.05, 4.69) is 29.4 Å². The van der Waals surface area contributed by atoms with Gasteiger partial charge in [0.1, 0.15) is 0 Å². The van der Waals surface area contributed by atoms with Crippen LogP contribution in [0.4, 0.5) is 10.5 Å². The zero-order valence-electron chi connectivity index (χ0n) is 12.6. The van der Waals surface area contributed by atoms with E-state index in [4.69, 9.17) is 11.6 Å². The largest absolute Gasteiger partial charge is 0.336 e. The minimum atomic E-state index is -0.192. The van der Waals surface area contributed by atoms with Crippen LogP contribution in [0.5, 0.6) is 0 Å². The van der Waals surface area contributed by atoms with Gasteiger partial charge in [-0.25, -0.2) is 4.79 Å². The maximum atomic E-state index is 11.8. The number of rotatable bonds is 6. The minimum absolute atomic E-state index is 0.192. The molecule has 1 atom stereocenters. The molecular weight excluding hydrogens is 274 g/mol. The number of carbonyl (C=O) groups excluding carboxylic acids is 1. The van der Waals surface area contributed by atoms with Crippen LogP contribution < -0.4 is 10.6 Å². The van der Waals surface area contributed by atoms with Crippen LogP contribution >= 0.6 is 11.6 Å². The zero-order valence-corrected chi connectivity index (χ0v) is 13.4. The molecule has 0 spiro atoms. The number of carbonyl (C=O) groups is 1. The fraction of sp³-hybridized carbons (Fsp3) is 0.533. The number of anilines is 1. The Labute approximate surface area is 126 Å². The van der Waals surface area contributed by atoms with Crippen molar-refractivity contribution >= 4 is 23.3 Å². The lowest BCUT2D eigenvalue weighted by Crippen LogP contribution is -2.42. The number of hydrogen-bond acceptors (Lipinski definition) is 2. The van der Waals surface area contributed by atoms with E-state index in [0.29, 0.717) is 23.5 Å². The normalized spacial score (nSPS) is 12.6. The Hall–Kier alpha value is -1.26. The molecule has 20 heavy (non-hydrogen) atoms. The minimum Gasteiger partial charge on any atom is -0.336 e. The van der Waals surface area contributed by atoms with Crippen molar-refractivity contribution in [3.05, 3.63) is 29.3 Å². The molecule has 0 aliphatic carbocycles. The average Bonchev–Trinajstić information content (AvgIpc) is 2.36. The molecule has 0 bridgehead atoms. The molecule has 0 aliphatic rings. The summed E-state index contributed by atoms with van der Waals surface area (Å²) in [5.41, 5.74) is 0.733. The third kappa shape index (κ3) is 6.26. The topological polar surface area (TPSA) is 44.4 Å². The number of benzene rings is 1. The summed E-state index contributed by atoms with van der Waals surface area (Å²) in [4.78, 5) is 14.0. The third-order valence-electron chi connectivity index (χ3n) is 3.07. The molecule has 2 N–H and O–H groups in total. The summed E-state index contributed by atoms with van der Waals surface area (Å²) in [6.45, 7) is 5.00. The molecule has 4 nitrogen and oxygen atoms in total. The van der Waals surface area contributed by atoms with Crippen molar-refractivity contribution in [2.75, 3.05) is 26.0 Å². The summed E-state index contributed by atoms with van der Waals surface area (Å²) in [5, 5.41) is 6.35. The average molecular weight is 298 g/mol.